The Balaban J connectivity index is 2.16. The van der Waals surface area contributed by atoms with Crippen LogP contribution in [0.25, 0.3) is 0 Å². The van der Waals surface area contributed by atoms with E-state index >= 15 is 0 Å². The molecule has 1 aliphatic carbocycles. The maximum atomic E-state index is 13.2. The lowest BCUT2D eigenvalue weighted by molar-refractivity contribution is -0.0514. The minimum absolute atomic E-state index is 0.192. The van der Waals surface area contributed by atoms with Gasteiger partial charge < -0.3 is 10.5 Å². The Morgan fingerprint density at radius 1 is 1.16 bits per heavy atom. The van der Waals surface area contributed by atoms with Gasteiger partial charge in [0.25, 0.3) is 0 Å². The molecule has 1 saturated carbocycles. The second kappa shape index (κ2) is 4.89. The number of benzene rings is 1. The number of halogens is 2. The predicted octanol–water partition coefficient (Wildman–Crippen LogP) is 2.84. The molecule has 1 aromatic carbocycles. The number of hydrogen-bond acceptors (Lipinski definition) is 3. The summed E-state index contributed by atoms with van der Waals surface area (Å²) >= 11 is 0. The molecule has 19 heavy (non-hydrogen) atoms. The number of ether oxygens (including phenoxy) is 1. The van der Waals surface area contributed by atoms with Crippen LogP contribution in [0.15, 0.2) is 24.3 Å². The quantitative estimate of drug-likeness (QED) is 0.840. The Labute approximate surface area is 110 Å². The molecule has 1 fully saturated rings. The highest BCUT2D eigenvalue weighted by Crippen LogP contribution is 2.42. The molecule has 0 heterocycles. The first kappa shape index (κ1) is 13.9. The van der Waals surface area contributed by atoms with E-state index in [1.54, 1.807) is 24.3 Å². The van der Waals surface area contributed by atoms with E-state index < -0.39 is 17.4 Å². The Morgan fingerprint density at radius 3 is 2.16 bits per heavy atom. The van der Waals surface area contributed by atoms with E-state index in [2.05, 4.69) is 4.74 Å². The summed E-state index contributed by atoms with van der Waals surface area (Å²) in [5.74, 6) is -3.03. The van der Waals surface area contributed by atoms with E-state index in [0.29, 0.717) is 5.56 Å². The van der Waals surface area contributed by atoms with Crippen molar-refractivity contribution in [1.29, 1.82) is 0 Å². The highest BCUT2D eigenvalue weighted by molar-refractivity contribution is 5.89. The third-order valence-corrected chi connectivity index (χ3v) is 3.75. The zero-order valence-electron chi connectivity index (χ0n) is 10.8. The smallest absolute Gasteiger partial charge is 0.337 e. The van der Waals surface area contributed by atoms with E-state index in [4.69, 9.17) is 5.73 Å². The molecular formula is C14H17F2NO2. The van der Waals surface area contributed by atoms with Crippen LogP contribution in [0.5, 0.6) is 0 Å². The summed E-state index contributed by atoms with van der Waals surface area (Å²) in [5.41, 5.74) is 6.70. The lowest BCUT2D eigenvalue weighted by Gasteiger charge is -2.37. The summed E-state index contributed by atoms with van der Waals surface area (Å²) in [4.78, 5) is 11.3. The van der Waals surface area contributed by atoms with Crippen molar-refractivity contribution in [3.05, 3.63) is 35.4 Å². The van der Waals surface area contributed by atoms with Gasteiger partial charge in [-0.2, -0.15) is 0 Å². The molecule has 0 spiro atoms. The van der Waals surface area contributed by atoms with Crippen molar-refractivity contribution < 1.29 is 18.3 Å². The molecule has 1 aromatic rings. The number of hydrogen-bond donors (Lipinski definition) is 1. The average Bonchev–Trinajstić information content (AvgIpc) is 2.42. The Kier molecular flexibility index (Phi) is 3.58. The van der Waals surface area contributed by atoms with E-state index in [-0.39, 0.29) is 25.7 Å². The summed E-state index contributed by atoms with van der Waals surface area (Å²) in [6.45, 7) is 0. The lowest BCUT2D eigenvalue weighted by Crippen LogP contribution is -2.43. The summed E-state index contributed by atoms with van der Waals surface area (Å²) in [6, 6.07) is 6.66. The minimum Gasteiger partial charge on any atom is -0.465 e. The van der Waals surface area contributed by atoms with E-state index in [9.17, 15) is 13.6 Å². The molecule has 0 aromatic heterocycles. The van der Waals surface area contributed by atoms with Crippen molar-refractivity contribution in [3.8, 4) is 0 Å². The van der Waals surface area contributed by atoms with Crippen LogP contribution in [0.1, 0.15) is 41.6 Å². The summed E-state index contributed by atoms with van der Waals surface area (Å²) in [6.07, 6.45) is 0.111. The number of carbonyl (C=O) groups excluding carboxylic acids is 1. The second-order valence-electron chi connectivity index (χ2n) is 5.08. The summed E-state index contributed by atoms with van der Waals surface area (Å²) in [7, 11) is 1.31. The monoisotopic (exact) mass is 269 g/mol. The third kappa shape index (κ3) is 2.92. The van der Waals surface area contributed by atoms with Gasteiger partial charge in [-0.3, -0.25) is 0 Å². The lowest BCUT2D eigenvalue weighted by atomic mass is 9.76. The van der Waals surface area contributed by atoms with Crippen molar-refractivity contribution in [2.24, 2.45) is 5.73 Å². The highest BCUT2D eigenvalue weighted by atomic mass is 19.3. The van der Waals surface area contributed by atoms with Crippen molar-refractivity contribution in [2.75, 3.05) is 7.11 Å². The van der Waals surface area contributed by atoms with Gasteiger partial charge in [0, 0.05) is 18.4 Å². The second-order valence-corrected chi connectivity index (χ2v) is 5.08. The molecule has 3 nitrogen and oxygen atoms in total. The van der Waals surface area contributed by atoms with Gasteiger partial charge in [-0.25, -0.2) is 13.6 Å². The number of nitrogens with two attached hydrogens (primary N) is 1. The van der Waals surface area contributed by atoms with Crippen molar-refractivity contribution >= 4 is 5.97 Å². The van der Waals surface area contributed by atoms with Gasteiger partial charge in [0.1, 0.15) is 0 Å². The van der Waals surface area contributed by atoms with Gasteiger partial charge in [-0.15, -0.1) is 0 Å². The standard InChI is InChI=1S/C14H17F2NO2/c1-19-12(18)10-2-4-11(5-3-10)13(17)6-8-14(15,16)9-7-13/h2-5H,6-9,17H2,1H3. The Bertz CT molecular complexity index is 461. The van der Waals surface area contributed by atoms with Crippen LogP contribution in [-0.4, -0.2) is 19.0 Å². The predicted molar refractivity (Wildman–Crippen MR) is 67.1 cm³/mol. The first-order chi connectivity index (χ1) is 8.86. The van der Waals surface area contributed by atoms with Crippen molar-refractivity contribution in [3.63, 3.8) is 0 Å². The normalized spacial score (nSPS) is 20.8. The number of esters is 1. The SMILES string of the molecule is COC(=O)c1ccc(C2(N)CCC(F)(F)CC2)cc1. The number of carbonyl (C=O) groups is 1. The van der Waals surface area contributed by atoms with Gasteiger partial charge in [0.05, 0.1) is 12.7 Å². The van der Waals surface area contributed by atoms with E-state index in [0.717, 1.165) is 5.56 Å². The van der Waals surface area contributed by atoms with E-state index in [1.807, 2.05) is 0 Å². The van der Waals surface area contributed by atoms with Gasteiger partial charge >= 0.3 is 5.97 Å². The highest BCUT2D eigenvalue weighted by Gasteiger charge is 2.41. The Hall–Kier alpha value is -1.49. The van der Waals surface area contributed by atoms with Crippen LogP contribution < -0.4 is 5.73 Å². The summed E-state index contributed by atoms with van der Waals surface area (Å²) in [5, 5.41) is 0. The average molecular weight is 269 g/mol. The van der Waals surface area contributed by atoms with Crippen LogP contribution >= 0.6 is 0 Å². The van der Waals surface area contributed by atoms with Crippen LogP contribution in [0.4, 0.5) is 8.78 Å². The molecule has 0 radical (unpaired) electrons. The van der Waals surface area contributed by atoms with Gasteiger partial charge in [-0.05, 0) is 30.5 Å². The number of methoxy groups -OCH3 is 1. The molecule has 0 aliphatic heterocycles. The molecule has 5 heteroatoms. The molecule has 1 aliphatic rings. The largest absolute Gasteiger partial charge is 0.465 e. The zero-order valence-corrected chi connectivity index (χ0v) is 10.8. The van der Waals surface area contributed by atoms with Gasteiger partial charge in [-0.1, -0.05) is 12.1 Å². The van der Waals surface area contributed by atoms with Gasteiger partial charge in [0.15, 0.2) is 0 Å². The van der Waals surface area contributed by atoms with Crippen LogP contribution in [0.2, 0.25) is 0 Å². The van der Waals surface area contributed by atoms with E-state index in [1.165, 1.54) is 7.11 Å². The fourth-order valence-corrected chi connectivity index (χ4v) is 2.41. The molecule has 0 unspecified atom stereocenters. The molecular weight excluding hydrogens is 252 g/mol. The van der Waals surface area contributed by atoms with Crippen LogP contribution in [0.3, 0.4) is 0 Å². The fraction of sp³-hybridized carbons (Fsp3) is 0.500. The molecule has 2 N–H and O–H groups in total. The number of alkyl halides is 2. The molecule has 0 amide bonds. The molecule has 0 atom stereocenters. The molecule has 2 rings (SSSR count). The minimum atomic E-state index is -2.60. The molecule has 104 valence electrons. The molecule has 0 bridgehead atoms. The Morgan fingerprint density at radius 2 is 1.68 bits per heavy atom. The maximum Gasteiger partial charge on any atom is 0.337 e. The van der Waals surface area contributed by atoms with Crippen molar-refractivity contribution in [1.82, 2.24) is 0 Å². The van der Waals surface area contributed by atoms with Crippen molar-refractivity contribution in [2.45, 2.75) is 37.1 Å². The molecule has 0 saturated heterocycles. The number of rotatable bonds is 2. The summed E-state index contributed by atoms with van der Waals surface area (Å²) < 4.78 is 30.9. The maximum absolute atomic E-state index is 13.2. The first-order valence-electron chi connectivity index (χ1n) is 6.22. The zero-order chi connectivity index (χ0) is 14.1. The van der Waals surface area contributed by atoms with Crippen LogP contribution in [0, 0.1) is 0 Å². The topological polar surface area (TPSA) is 52.3 Å². The van der Waals surface area contributed by atoms with Gasteiger partial charge in [0.2, 0.25) is 5.92 Å². The van der Waals surface area contributed by atoms with Crippen LogP contribution in [-0.2, 0) is 10.3 Å². The third-order valence-electron chi connectivity index (χ3n) is 3.75. The first-order valence-corrected chi connectivity index (χ1v) is 6.22. The fourth-order valence-electron chi connectivity index (χ4n) is 2.41.